The van der Waals surface area contributed by atoms with Gasteiger partial charge in [0.15, 0.2) is 0 Å². The number of hydrogen-bond donors (Lipinski definition) is 1. The van der Waals surface area contributed by atoms with Crippen molar-refractivity contribution in [3.05, 3.63) is 70.7 Å². The number of ether oxygens (including phenoxy) is 1. The van der Waals surface area contributed by atoms with Crippen LogP contribution >= 0.6 is 11.6 Å². The van der Waals surface area contributed by atoms with E-state index in [0.717, 1.165) is 49.8 Å². The molecule has 1 aliphatic carbocycles. The lowest BCUT2D eigenvalue weighted by Gasteiger charge is -2.44. The summed E-state index contributed by atoms with van der Waals surface area (Å²) < 4.78 is 5.21. The summed E-state index contributed by atoms with van der Waals surface area (Å²) in [7, 11) is 1.49. The Morgan fingerprint density at radius 3 is 2.27 bits per heavy atom. The third kappa shape index (κ3) is 3.17. The number of carbonyl (C=O) groups is 1. The first-order valence-electron chi connectivity index (χ1n) is 10.8. The number of rotatable bonds is 5. The zero-order valence-electron chi connectivity index (χ0n) is 17.3. The molecule has 4 nitrogen and oxygen atoms in total. The highest BCUT2D eigenvalue weighted by molar-refractivity contribution is 6.30. The van der Waals surface area contributed by atoms with E-state index in [2.05, 4.69) is 4.90 Å². The summed E-state index contributed by atoms with van der Waals surface area (Å²) in [6.07, 6.45) is 4.50. The first-order chi connectivity index (χ1) is 14.5. The van der Waals surface area contributed by atoms with Gasteiger partial charge in [-0.05, 0) is 61.3 Å². The van der Waals surface area contributed by atoms with Crippen LogP contribution in [-0.2, 0) is 20.5 Å². The number of aliphatic hydroxyl groups is 1. The zero-order chi connectivity index (χ0) is 20.9. The van der Waals surface area contributed by atoms with Gasteiger partial charge in [0.2, 0.25) is 0 Å². The van der Waals surface area contributed by atoms with E-state index in [9.17, 15) is 9.90 Å². The smallest absolute Gasteiger partial charge is 0.316 e. The quantitative estimate of drug-likeness (QED) is 0.726. The van der Waals surface area contributed by atoms with E-state index >= 15 is 0 Å². The number of esters is 1. The van der Waals surface area contributed by atoms with Crippen LogP contribution in [0.5, 0.6) is 0 Å². The Balaban J connectivity index is 1.34. The molecule has 158 valence electrons. The van der Waals surface area contributed by atoms with Gasteiger partial charge in [-0.2, -0.15) is 0 Å². The molecular weight excluding hydrogens is 398 g/mol. The van der Waals surface area contributed by atoms with Gasteiger partial charge in [-0.1, -0.05) is 54.1 Å². The third-order valence-corrected chi connectivity index (χ3v) is 7.93. The number of halogens is 1. The van der Waals surface area contributed by atoms with Gasteiger partial charge >= 0.3 is 5.97 Å². The highest BCUT2D eigenvalue weighted by Crippen LogP contribution is 2.57. The molecule has 0 amide bonds. The van der Waals surface area contributed by atoms with Gasteiger partial charge in [-0.25, -0.2) is 0 Å². The monoisotopic (exact) mass is 425 g/mol. The summed E-state index contributed by atoms with van der Waals surface area (Å²) in [6, 6.07) is 18.4. The van der Waals surface area contributed by atoms with Crippen molar-refractivity contribution in [3.63, 3.8) is 0 Å². The molecule has 2 heterocycles. The molecule has 5 heteroatoms. The maximum atomic E-state index is 12.8. The third-order valence-electron chi connectivity index (χ3n) is 7.67. The predicted octanol–water partition coefficient (Wildman–Crippen LogP) is 4.29. The van der Waals surface area contributed by atoms with Crippen LogP contribution in [0, 0.1) is 5.92 Å². The Hall–Kier alpha value is -1.88. The molecule has 0 spiro atoms. The lowest BCUT2D eigenvalue weighted by atomic mass is 9.80. The second kappa shape index (κ2) is 7.37. The fraction of sp³-hybridized carbons (Fsp3) is 0.480. The summed E-state index contributed by atoms with van der Waals surface area (Å²) in [5.74, 6) is 0.137. The van der Waals surface area contributed by atoms with Crippen molar-refractivity contribution >= 4 is 17.6 Å². The number of fused-ring (bicyclic) bond motifs is 2. The highest BCUT2D eigenvalue weighted by Gasteiger charge is 2.63. The molecule has 3 fully saturated rings. The second-order valence-electron chi connectivity index (χ2n) is 9.26. The Kier molecular flexibility index (Phi) is 4.92. The second-order valence-corrected chi connectivity index (χ2v) is 9.69. The number of benzene rings is 2. The van der Waals surface area contributed by atoms with E-state index in [4.69, 9.17) is 16.3 Å². The predicted molar refractivity (Wildman–Crippen MR) is 116 cm³/mol. The van der Waals surface area contributed by atoms with Crippen molar-refractivity contribution in [1.29, 1.82) is 0 Å². The normalized spacial score (nSPS) is 35.2. The lowest BCUT2D eigenvalue weighted by molar-refractivity contribution is -0.144. The highest BCUT2D eigenvalue weighted by atomic mass is 35.5. The van der Waals surface area contributed by atoms with E-state index in [-0.39, 0.29) is 11.9 Å². The number of piperidine rings is 1. The molecule has 5 rings (SSSR count). The van der Waals surface area contributed by atoms with Gasteiger partial charge in [-0.15, -0.1) is 0 Å². The van der Waals surface area contributed by atoms with E-state index in [1.807, 2.05) is 54.6 Å². The molecule has 3 aliphatic rings. The van der Waals surface area contributed by atoms with E-state index < -0.39 is 11.0 Å². The fourth-order valence-electron chi connectivity index (χ4n) is 6.05. The Labute approximate surface area is 182 Å². The van der Waals surface area contributed by atoms with Crippen molar-refractivity contribution in [1.82, 2.24) is 4.90 Å². The minimum absolute atomic E-state index is 0.124. The summed E-state index contributed by atoms with van der Waals surface area (Å²) in [6.45, 7) is 0.885. The molecule has 2 aromatic rings. The number of nitrogens with zero attached hydrogens (tertiary/aromatic N) is 1. The molecular formula is C25H28ClNO3. The largest absolute Gasteiger partial charge is 0.468 e. The SMILES string of the molecule is COC(=O)[C@]1(c2ccccc2)C[C@@H]1CN1[C@@H]2CC[C@@H]1CC(O)(c1ccc(Cl)cc1)C2. The zero-order valence-corrected chi connectivity index (χ0v) is 18.0. The molecule has 2 bridgehead atoms. The van der Waals surface area contributed by atoms with E-state index in [1.54, 1.807) is 0 Å². The summed E-state index contributed by atoms with van der Waals surface area (Å²) in [5, 5.41) is 12.1. The number of hydrogen-bond acceptors (Lipinski definition) is 4. The fourth-order valence-corrected chi connectivity index (χ4v) is 6.18. The van der Waals surface area contributed by atoms with E-state index in [1.165, 1.54) is 7.11 Å². The lowest BCUT2D eigenvalue weighted by Crippen LogP contribution is -2.50. The Morgan fingerprint density at radius 2 is 1.67 bits per heavy atom. The van der Waals surface area contributed by atoms with Gasteiger partial charge < -0.3 is 9.84 Å². The molecule has 30 heavy (non-hydrogen) atoms. The first-order valence-corrected chi connectivity index (χ1v) is 11.2. The molecule has 2 aliphatic heterocycles. The van der Waals surface area contributed by atoms with Crippen LogP contribution in [0.15, 0.2) is 54.6 Å². The van der Waals surface area contributed by atoms with Crippen molar-refractivity contribution in [2.45, 2.75) is 55.2 Å². The van der Waals surface area contributed by atoms with Gasteiger partial charge in [0, 0.05) is 23.7 Å². The van der Waals surface area contributed by atoms with Crippen molar-refractivity contribution < 1.29 is 14.6 Å². The Bertz CT molecular complexity index is 917. The number of carbonyl (C=O) groups excluding carboxylic acids is 1. The van der Waals surface area contributed by atoms with Crippen LogP contribution in [0.25, 0.3) is 0 Å². The number of methoxy groups -OCH3 is 1. The minimum atomic E-state index is -0.796. The van der Waals surface area contributed by atoms with Crippen LogP contribution in [0.3, 0.4) is 0 Å². The van der Waals surface area contributed by atoms with Crippen LogP contribution in [0.2, 0.25) is 5.02 Å². The molecule has 0 aromatic heterocycles. The molecule has 0 radical (unpaired) electrons. The minimum Gasteiger partial charge on any atom is -0.468 e. The van der Waals surface area contributed by atoms with Crippen molar-refractivity contribution in [2.75, 3.05) is 13.7 Å². The first kappa shape index (κ1) is 20.0. The molecule has 4 atom stereocenters. The summed E-state index contributed by atoms with van der Waals surface area (Å²) in [4.78, 5) is 15.3. The van der Waals surface area contributed by atoms with Gasteiger partial charge in [-0.3, -0.25) is 9.69 Å². The van der Waals surface area contributed by atoms with Gasteiger partial charge in [0.25, 0.3) is 0 Å². The van der Waals surface area contributed by atoms with Crippen LogP contribution in [0.4, 0.5) is 0 Å². The molecule has 2 saturated heterocycles. The summed E-state index contributed by atoms with van der Waals surface area (Å²) in [5.41, 5.74) is 0.710. The Morgan fingerprint density at radius 1 is 1.03 bits per heavy atom. The standard InChI is InChI=1S/C25H28ClNO3/c1-30-23(28)25(18-5-3-2-4-6-18)13-19(25)16-27-21-11-12-22(27)15-24(29,14-21)17-7-9-20(26)10-8-17/h2-10,19,21-22,29H,11-16H2,1H3/t19-,21-,22-,25+/m1/s1. The average molecular weight is 426 g/mol. The maximum Gasteiger partial charge on any atom is 0.316 e. The topological polar surface area (TPSA) is 49.8 Å². The van der Waals surface area contributed by atoms with E-state index in [0.29, 0.717) is 17.1 Å². The maximum absolute atomic E-state index is 12.8. The molecule has 1 saturated carbocycles. The molecule has 0 unspecified atom stereocenters. The van der Waals surface area contributed by atoms with Gasteiger partial charge in [0.05, 0.1) is 18.1 Å². The van der Waals surface area contributed by atoms with Crippen molar-refractivity contribution in [3.8, 4) is 0 Å². The van der Waals surface area contributed by atoms with Crippen LogP contribution in [-0.4, -0.2) is 41.7 Å². The van der Waals surface area contributed by atoms with Crippen molar-refractivity contribution in [2.24, 2.45) is 5.92 Å². The molecule has 1 N–H and O–H groups in total. The average Bonchev–Trinajstić information content (AvgIpc) is 3.43. The molecule has 2 aromatic carbocycles. The van der Waals surface area contributed by atoms with Gasteiger partial charge in [0.1, 0.15) is 0 Å². The van der Waals surface area contributed by atoms with Crippen LogP contribution < -0.4 is 0 Å². The van der Waals surface area contributed by atoms with Crippen LogP contribution in [0.1, 0.15) is 43.2 Å². The summed E-state index contributed by atoms with van der Waals surface area (Å²) >= 11 is 6.04.